The molecule has 3 atom stereocenters. The van der Waals surface area contributed by atoms with E-state index in [4.69, 9.17) is 10.5 Å². The van der Waals surface area contributed by atoms with Crippen molar-refractivity contribution in [2.45, 2.75) is 117 Å². The Morgan fingerprint density at radius 3 is 2.00 bits per heavy atom. The van der Waals surface area contributed by atoms with Crippen molar-refractivity contribution in [3.05, 3.63) is 35.4 Å². The number of nitrogens with zero attached hydrogens (tertiary/aromatic N) is 1. The Balaban J connectivity index is 3.58. The van der Waals surface area contributed by atoms with Gasteiger partial charge in [0.15, 0.2) is 0 Å². The lowest BCUT2D eigenvalue weighted by Crippen LogP contribution is -2.57. The minimum absolute atomic E-state index is 0.0251. The summed E-state index contributed by atoms with van der Waals surface area (Å²) < 4.78 is 5.36. The molecule has 0 aromatic heterocycles. The number of alkyl carbamates (subject to hydrolysis) is 1. The molecular formula is C28H46N4O5. The van der Waals surface area contributed by atoms with Crippen molar-refractivity contribution in [3.8, 4) is 0 Å². The summed E-state index contributed by atoms with van der Waals surface area (Å²) in [6.45, 7) is 16.6. The highest BCUT2D eigenvalue weighted by Crippen LogP contribution is 2.28. The molecule has 9 heteroatoms. The average molecular weight is 519 g/mol. The van der Waals surface area contributed by atoms with Gasteiger partial charge in [-0.1, -0.05) is 38.1 Å². The molecule has 0 spiro atoms. The Morgan fingerprint density at radius 1 is 1.00 bits per heavy atom. The lowest BCUT2D eigenvalue weighted by Gasteiger charge is -2.39. The van der Waals surface area contributed by atoms with Crippen molar-refractivity contribution in [1.82, 2.24) is 15.5 Å². The molecule has 4 N–H and O–H groups in total. The molecular weight excluding hydrogens is 472 g/mol. The predicted octanol–water partition coefficient (Wildman–Crippen LogP) is 3.99. The number of nitrogens with two attached hydrogens (primary N) is 1. The molecule has 0 heterocycles. The van der Waals surface area contributed by atoms with Crippen LogP contribution in [-0.2, 0) is 25.5 Å². The maximum atomic E-state index is 14.1. The van der Waals surface area contributed by atoms with Gasteiger partial charge in [0.1, 0.15) is 17.7 Å². The molecule has 0 radical (unpaired) electrons. The first-order valence-electron chi connectivity index (χ1n) is 13.0. The highest BCUT2D eigenvalue weighted by molar-refractivity contribution is 5.93. The van der Waals surface area contributed by atoms with E-state index in [1.807, 2.05) is 65.8 Å². The van der Waals surface area contributed by atoms with Gasteiger partial charge in [-0.05, 0) is 78.9 Å². The summed E-state index contributed by atoms with van der Waals surface area (Å²) in [5, 5.41) is 5.61. The van der Waals surface area contributed by atoms with Gasteiger partial charge in [0, 0.05) is 18.0 Å². The molecule has 1 rings (SSSR count). The van der Waals surface area contributed by atoms with E-state index in [0.29, 0.717) is 12.0 Å². The molecule has 208 valence electrons. The van der Waals surface area contributed by atoms with Gasteiger partial charge in [-0.25, -0.2) is 4.79 Å². The SMILES string of the molecule is CCc1ccc(C(C(=O)NC(C)(C)C)N(C(=O)C(CCC(N)=O)NC(=O)OC(C)(C)C)C(C)CC)cc1. The third kappa shape index (κ3) is 10.8. The molecule has 9 nitrogen and oxygen atoms in total. The van der Waals surface area contributed by atoms with E-state index in [0.717, 1.165) is 12.0 Å². The summed E-state index contributed by atoms with van der Waals surface area (Å²) in [6, 6.07) is 5.17. The van der Waals surface area contributed by atoms with Gasteiger partial charge < -0.3 is 26.0 Å². The fourth-order valence-corrected chi connectivity index (χ4v) is 3.78. The van der Waals surface area contributed by atoms with Crippen molar-refractivity contribution in [1.29, 1.82) is 0 Å². The molecule has 1 aromatic carbocycles. The topological polar surface area (TPSA) is 131 Å². The van der Waals surface area contributed by atoms with Crippen LogP contribution < -0.4 is 16.4 Å². The second-order valence-electron chi connectivity index (χ2n) is 11.4. The molecule has 0 aliphatic carbocycles. The predicted molar refractivity (Wildman–Crippen MR) is 145 cm³/mol. The quantitative estimate of drug-likeness (QED) is 0.408. The minimum atomic E-state index is -1.11. The van der Waals surface area contributed by atoms with Crippen molar-refractivity contribution in [3.63, 3.8) is 0 Å². The summed E-state index contributed by atoms with van der Waals surface area (Å²) in [5.41, 5.74) is 5.79. The van der Waals surface area contributed by atoms with E-state index in [-0.39, 0.29) is 24.8 Å². The fraction of sp³-hybridized carbons (Fsp3) is 0.643. The van der Waals surface area contributed by atoms with Crippen molar-refractivity contribution >= 4 is 23.8 Å². The second kappa shape index (κ2) is 13.4. The third-order valence-electron chi connectivity index (χ3n) is 5.72. The summed E-state index contributed by atoms with van der Waals surface area (Å²) in [5.74, 6) is -1.43. The van der Waals surface area contributed by atoms with Gasteiger partial charge in [0.2, 0.25) is 17.7 Å². The molecule has 1 aromatic rings. The third-order valence-corrected chi connectivity index (χ3v) is 5.72. The Labute approximate surface area is 221 Å². The highest BCUT2D eigenvalue weighted by Gasteiger charge is 2.39. The number of hydrogen-bond donors (Lipinski definition) is 3. The van der Waals surface area contributed by atoms with Crippen LogP contribution in [0.15, 0.2) is 24.3 Å². The summed E-state index contributed by atoms with van der Waals surface area (Å²) >= 11 is 0. The van der Waals surface area contributed by atoms with E-state index >= 15 is 0 Å². The molecule has 0 saturated heterocycles. The van der Waals surface area contributed by atoms with Crippen molar-refractivity contribution in [2.75, 3.05) is 0 Å². The molecule has 37 heavy (non-hydrogen) atoms. The number of nitrogens with one attached hydrogen (secondary N) is 2. The molecule has 3 unspecified atom stereocenters. The average Bonchev–Trinajstić information content (AvgIpc) is 2.76. The summed E-state index contributed by atoms with van der Waals surface area (Å²) in [7, 11) is 0. The van der Waals surface area contributed by atoms with Gasteiger partial charge in [-0.15, -0.1) is 0 Å². The van der Waals surface area contributed by atoms with Crippen LogP contribution in [0, 0.1) is 0 Å². The minimum Gasteiger partial charge on any atom is -0.444 e. The fourth-order valence-electron chi connectivity index (χ4n) is 3.78. The van der Waals surface area contributed by atoms with Crippen LogP contribution >= 0.6 is 0 Å². The number of carbonyl (C=O) groups excluding carboxylic acids is 4. The van der Waals surface area contributed by atoms with Crippen LogP contribution in [0.25, 0.3) is 0 Å². The smallest absolute Gasteiger partial charge is 0.408 e. The zero-order valence-electron chi connectivity index (χ0n) is 23.9. The molecule has 0 fully saturated rings. The number of primary amides is 1. The van der Waals surface area contributed by atoms with Crippen molar-refractivity contribution < 1.29 is 23.9 Å². The number of hydrogen-bond acceptors (Lipinski definition) is 5. The van der Waals surface area contributed by atoms with Crippen LogP contribution in [0.3, 0.4) is 0 Å². The van der Waals surface area contributed by atoms with Gasteiger partial charge in [0.25, 0.3) is 0 Å². The maximum Gasteiger partial charge on any atom is 0.408 e. The largest absolute Gasteiger partial charge is 0.444 e. The zero-order chi connectivity index (χ0) is 28.6. The lowest BCUT2D eigenvalue weighted by atomic mass is 9.96. The number of ether oxygens (including phenoxy) is 1. The number of aryl methyl sites for hydroxylation is 1. The molecule has 0 bridgehead atoms. The Hall–Kier alpha value is -3.10. The lowest BCUT2D eigenvalue weighted by molar-refractivity contribution is -0.146. The number of benzene rings is 1. The Morgan fingerprint density at radius 2 is 1.57 bits per heavy atom. The molecule has 4 amide bonds. The number of amides is 4. The highest BCUT2D eigenvalue weighted by atomic mass is 16.6. The Bertz CT molecular complexity index is 931. The van der Waals surface area contributed by atoms with Gasteiger partial charge in [-0.3, -0.25) is 14.4 Å². The normalized spacial score (nSPS) is 14.2. The van der Waals surface area contributed by atoms with Gasteiger partial charge >= 0.3 is 6.09 Å². The molecule has 0 aliphatic heterocycles. The van der Waals surface area contributed by atoms with Crippen LogP contribution in [0.4, 0.5) is 4.79 Å². The second-order valence-corrected chi connectivity index (χ2v) is 11.4. The number of rotatable bonds is 11. The van der Waals surface area contributed by atoms with Crippen LogP contribution in [0.2, 0.25) is 0 Å². The monoisotopic (exact) mass is 518 g/mol. The van der Waals surface area contributed by atoms with Crippen LogP contribution in [0.1, 0.15) is 98.7 Å². The zero-order valence-corrected chi connectivity index (χ0v) is 23.9. The van der Waals surface area contributed by atoms with E-state index in [2.05, 4.69) is 10.6 Å². The Kier molecular flexibility index (Phi) is 11.6. The van der Waals surface area contributed by atoms with E-state index in [1.165, 1.54) is 4.90 Å². The van der Waals surface area contributed by atoms with E-state index < -0.39 is 41.1 Å². The standard InChI is InChI=1S/C28H46N4O5/c1-10-18(3)32(25(35)21(16-17-22(29)33)30-26(36)37-28(7,8)9)23(24(34)31-27(4,5)6)20-14-12-19(11-2)13-15-20/h12-15,18,21,23H,10-11,16-17H2,1-9H3,(H2,29,33)(H,30,36)(H,31,34). The van der Waals surface area contributed by atoms with Gasteiger partial charge in [0.05, 0.1) is 0 Å². The maximum absolute atomic E-state index is 14.1. The van der Waals surface area contributed by atoms with E-state index in [1.54, 1.807) is 20.8 Å². The first-order chi connectivity index (χ1) is 17.0. The van der Waals surface area contributed by atoms with Gasteiger partial charge in [-0.2, -0.15) is 0 Å². The van der Waals surface area contributed by atoms with Crippen molar-refractivity contribution in [2.24, 2.45) is 5.73 Å². The molecule has 0 saturated carbocycles. The first-order valence-corrected chi connectivity index (χ1v) is 13.0. The molecule has 0 aliphatic rings. The van der Waals surface area contributed by atoms with Crippen LogP contribution in [0.5, 0.6) is 0 Å². The number of carbonyl (C=O) groups is 4. The van der Waals surface area contributed by atoms with E-state index in [9.17, 15) is 19.2 Å². The first kappa shape index (κ1) is 31.9. The summed E-state index contributed by atoms with van der Waals surface area (Å²) in [4.78, 5) is 53.5. The van der Waals surface area contributed by atoms with Crippen LogP contribution in [-0.4, -0.2) is 51.9 Å². The summed E-state index contributed by atoms with van der Waals surface area (Å²) in [6.07, 6.45) is 0.463.